The van der Waals surface area contributed by atoms with E-state index in [9.17, 15) is 13.2 Å². The van der Waals surface area contributed by atoms with E-state index in [2.05, 4.69) is 15.9 Å². The van der Waals surface area contributed by atoms with Gasteiger partial charge in [-0.1, -0.05) is 28.1 Å². The van der Waals surface area contributed by atoms with Crippen LogP contribution in [-0.4, -0.2) is 37.4 Å². The van der Waals surface area contributed by atoms with Gasteiger partial charge >= 0.3 is 0 Å². The zero-order valence-corrected chi connectivity index (χ0v) is 12.1. The van der Waals surface area contributed by atoms with Crippen molar-refractivity contribution in [3.05, 3.63) is 29.8 Å². The first kappa shape index (κ1) is 14.3. The lowest BCUT2D eigenvalue weighted by Crippen LogP contribution is -2.28. The Morgan fingerprint density at radius 3 is 2.59 bits per heavy atom. The Morgan fingerprint density at radius 2 is 2.06 bits per heavy atom. The number of benzene rings is 1. The van der Waals surface area contributed by atoms with Gasteiger partial charge in [0.2, 0.25) is 10.0 Å². The number of Topliss-reactive ketones (excluding diaryl/α,β-unsaturated/α-hetero) is 1. The lowest BCUT2D eigenvalue weighted by Gasteiger charge is -2.16. The van der Waals surface area contributed by atoms with Crippen LogP contribution < -0.4 is 0 Å². The highest BCUT2D eigenvalue weighted by molar-refractivity contribution is 9.09. The predicted molar refractivity (Wildman–Crippen MR) is 70.1 cm³/mol. The monoisotopic (exact) mass is 319 g/mol. The van der Waals surface area contributed by atoms with Crippen molar-refractivity contribution in [3.8, 4) is 0 Å². The summed E-state index contributed by atoms with van der Waals surface area (Å²) in [6.07, 6.45) is 0. The van der Waals surface area contributed by atoms with E-state index < -0.39 is 10.0 Å². The number of hydrogen-bond donors (Lipinski definition) is 0. The van der Waals surface area contributed by atoms with E-state index in [1.807, 2.05) is 0 Å². The number of hydrogen-bond acceptors (Lipinski definition) is 3. The van der Waals surface area contributed by atoms with Crippen LogP contribution in [-0.2, 0) is 10.0 Å². The maximum absolute atomic E-state index is 12.1. The van der Waals surface area contributed by atoms with E-state index in [-0.39, 0.29) is 10.7 Å². The zero-order valence-electron chi connectivity index (χ0n) is 9.68. The molecule has 17 heavy (non-hydrogen) atoms. The summed E-state index contributed by atoms with van der Waals surface area (Å²) in [6, 6.07) is 6.08. The third kappa shape index (κ3) is 3.37. The summed E-state index contributed by atoms with van der Waals surface area (Å²) >= 11 is 3.19. The molecule has 0 aliphatic heterocycles. The molecule has 0 aliphatic rings. The third-order valence-corrected chi connectivity index (χ3v) is 4.56. The van der Waals surface area contributed by atoms with Gasteiger partial charge in [0.1, 0.15) is 0 Å². The van der Waals surface area contributed by atoms with Crippen LogP contribution in [0.4, 0.5) is 0 Å². The molecule has 94 valence electrons. The Hall–Kier alpha value is -0.720. The zero-order chi connectivity index (χ0) is 13.1. The van der Waals surface area contributed by atoms with E-state index >= 15 is 0 Å². The van der Waals surface area contributed by atoms with Gasteiger partial charge in [0.05, 0.1) is 4.90 Å². The van der Waals surface area contributed by atoms with Crippen molar-refractivity contribution in [3.63, 3.8) is 0 Å². The van der Waals surface area contributed by atoms with Gasteiger partial charge in [-0.05, 0) is 19.1 Å². The summed E-state index contributed by atoms with van der Waals surface area (Å²) in [5.41, 5.74) is 0.401. The number of carbonyl (C=O) groups excluding carboxylic acids is 1. The molecule has 0 unspecified atom stereocenters. The fraction of sp³-hybridized carbons (Fsp3) is 0.364. The number of ketones is 1. The van der Waals surface area contributed by atoms with Gasteiger partial charge in [-0.25, -0.2) is 12.7 Å². The molecule has 0 radical (unpaired) electrons. The summed E-state index contributed by atoms with van der Waals surface area (Å²) in [5.74, 6) is -0.148. The lowest BCUT2D eigenvalue weighted by molar-refractivity contribution is 0.101. The maximum Gasteiger partial charge on any atom is 0.242 e. The summed E-state index contributed by atoms with van der Waals surface area (Å²) in [4.78, 5) is 11.4. The first-order valence-corrected chi connectivity index (χ1v) is 7.59. The Labute approximate surface area is 110 Å². The summed E-state index contributed by atoms with van der Waals surface area (Å²) in [6.45, 7) is 1.79. The second kappa shape index (κ2) is 5.75. The van der Waals surface area contributed by atoms with Gasteiger partial charge in [-0.15, -0.1) is 0 Å². The molecule has 0 bridgehead atoms. The molecule has 1 aromatic rings. The topological polar surface area (TPSA) is 54.5 Å². The molecule has 0 atom stereocenters. The van der Waals surface area contributed by atoms with Crippen LogP contribution in [0, 0.1) is 0 Å². The number of alkyl halides is 1. The molecule has 1 rings (SSSR count). The highest BCUT2D eigenvalue weighted by atomic mass is 79.9. The Kier molecular flexibility index (Phi) is 4.85. The van der Waals surface area contributed by atoms with Crippen molar-refractivity contribution >= 4 is 31.7 Å². The van der Waals surface area contributed by atoms with Crippen LogP contribution >= 0.6 is 15.9 Å². The highest BCUT2D eigenvalue weighted by Gasteiger charge is 2.20. The van der Waals surface area contributed by atoms with Gasteiger partial charge < -0.3 is 0 Å². The molecule has 0 aromatic heterocycles. The molecule has 4 nitrogen and oxygen atoms in total. The first-order valence-electron chi connectivity index (χ1n) is 5.03. The van der Waals surface area contributed by atoms with Crippen LogP contribution in [0.25, 0.3) is 0 Å². The van der Waals surface area contributed by atoms with Gasteiger partial charge in [0.25, 0.3) is 0 Å². The van der Waals surface area contributed by atoms with Crippen molar-refractivity contribution in [2.75, 3.05) is 18.9 Å². The molecule has 1 aromatic carbocycles. The lowest BCUT2D eigenvalue weighted by atomic mass is 10.2. The molecule has 0 amide bonds. The summed E-state index contributed by atoms with van der Waals surface area (Å²) in [7, 11) is -2.00. The average molecular weight is 320 g/mol. The standard InChI is InChI=1S/C11H14BrNO3S/c1-9(14)10-4-3-5-11(8-10)17(15,16)13(2)7-6-12/h3-5,8H,6-7H2,1-2H3. The van der Waals surface area contributed by atoms with Crippen molar-refractivity contribution in [1.82, 2.24) is 4.31 Å². The number of carbonyl (C=O) groups is 1. The minimum Gasteiger partial charge on any atom is -0.295 e. The molecule has 0 N–H and O–H groups in total. The largest absolute Gasteiger partial charge is 0.295 e. The number of halogens is 1. The van der Waals surface area contributed by atoms with Crippen LogP contribution in [0.2, 0.25) is 0 Å². The number of sulfonamides is 1. The third-order valence-electron chi connectivity index (χ3n) is 2.35. The van der Waals surface area contributed by atoms with E-state index in [0.717, 1.165) is 0 Å². The van der Waals surface area contributed by atoms with Crippen LogP contribution in [0.5, 0.6) is 0 Å². The molecule has 0 spiro atoms. The maximum atomic E-state index is 12.1. The molecular weight excluding hydrogens is 306 g/mol. The molecule has 0 saturated carbocycles. The van der Waals surface area contributed by atoms with Crippen LogP contribution in [0.15, 0.2) is 29.2 Å². The second-order valence-corrected chi connectivity index (χ2v) is 6.44. The van der Waals surface area contributed by atoms with E-state index in [0.29, 0.717) is 17.4 Å². The molecule has 6 heteroatoms. The Balaban J connectivity index is 3.15. The normalized spacial score (nSPS) is 11.8. The average Bonchev–Trinajstić information content (AvgIpc) is 2.29. The van der Waals surface area contributed by atoms with Gasteiger partial charge in [-0.3, -0.25) is 4.79 Å². The first-order chi connectivity index (χ1) is 7.89. The predicted octanol–water partition coefficient (Wildman–Crippen LogP) is 1.90. The minimum absolute atomic E-state index is 0.147. The molecule has 0 fully saturated rings. The van der Waals surface area contributed by atoms with E-state index in [1.54, 1.807) is 12.1 Å². The van der Waals surface area contributed by atoms with Crippen LogP contribution in [0.3, 0.4) is 0 Å². The SMILES string of the molecule is CC(=O)c1cccc(S(=O)(=O)N(C)CCBr)c1. The highest BCUT2D eigenvalue weighted by Crippen LogP contribution is 2.16. The smallest absolute Gasteiger partial charge is 0.242 e. The molecular formula is C11H14BrNO3S. The number of nitrogens with zero attached hydrogens (tertiary/aromatic N) is 1. The summed E-state index contributed by atoms with van der Waals surface area (Å²) in [5, 5.41) is 0.565. The molecule has 0 heterocycles. The summed E-state index contributed by atoms with van der Waals surface area (Å²) < 4.78 is 25.4. The second-order valence-electron chi connectivity index (χ2n) is 3.60. The number of rotatable bonds is 5. The van der Waals surface area contributed by atoms with Crippen molar-refractivity contribution in [2.45, 2.75) is 11.8 Å². The van der Waals surface area contributed by atoms with Gasteiger partial charge in [0, 0.05) is 24.5 Å². The van der Waals surface area contributed by atoms with Gasteiger partial charge in [-0.2, -0.15) is 0 Å². The Morgan fingerprint density at radius 1 is 1.41 bits per heavy atom. The quantitative estimate of drug-likeness (QED) is 0.615. The van der Waals surface area contributed by atoms with Gasteiger partial charge in [0.15, 0.2) is 5.78 Å². The molecule has 0 aliphatic carbocycles. The van der Waals surface area contributed by atoms with Crippen molar-refractivity contribution in [1.29, 1.82) is 0 Å². The molecule has 0 saturated heterocycles. The van der Waals surface area contributed by atoms with E-state index in [4.69, 9.17) is 0 Å². The minimum atomic E-state index is -3.51. The van der Waals surface area contributed by atoms with Crippen molar-refractivity contribution in [2.24, 2.45) is 0 Å². The fourth-order valence-electron chi connectivity index (χ4n) is 1.29. The van der Waals surface area contributed by atoms with Crippen molar-refractivity contribution < 1.29 is 13.2 Å². The fourth-order valence-corrected chi connectivity index (χ4v) is 3.28. The van der Waals surface area contributed by atoms with E-state index in [1.165, 1.54) is 30.4 Å². The Bertz CT molecular complexity index is 513. The van der Waals surface area contributed by atoms with Crippen LogP contribution in [0.1, 0.15) is 17.3 Å².